The van der Waals surface area contributed by atoms with Gasteiger partial charge in [0.1, 0.15) is 0 Å². The summed E-state index contributed by atoms with van der Waals surface area (Å²) in [7, 11) is 0. The molecular formula is C12H10F4N2O. The summed E-state index contributed by atoms with van der Waals surface area (Å²) >= 11 is 0. The van der Waals surface area contributed by atoms with Crippen LogP contribution in [0.1, 0.15) is 18.2 Å². The van der Waals surface area contributed by atoms with E-state index in [1.54, 1.807) is 0 Å². The summed E-state index contributed by atoms with van der Waals surface area (Å²) in [5, 5.41) is 12.7. The van der Waals surface area contributed by atoms with Crippen LogP contribution < -0.4 is 0 Å². The predicted octanol–water partition coefficient (Wildman–Crippen LogP) is 3.03. The number of nitrogens with zero attached hydrogens (tertiary/aromatic N) is 2. The van der Waals surface area contributed by atoms with Gasteiger partial charge in [0.15, 0.2) is 5.69 Å². The van der Waals surface area contributed by atoms with Crippen LogP contribution in [-0.2, 0) is 12.0 Å². The van der Waals surface area contributed by atoms with Crippen LogP contribution in [-0.4, -0.2) is 14.9 Å². The molecule has 2 rings (SSSR count). The summed E-state index contributed by atoms with van der Waals surface area (Å²) in [4.78, 5) is 0. The maximum Gasteiger partial charge on any atom is 0.435 e. The molecule has 1 N–H and O–H groups in total. The molecule has 0 aliphatic carbocycles. The van der Waals surface area contributed by atoms with Gasteiger partial charge in [-0.15, -0.1) is 0 Å². The van der Waals surface area contributed by atoms with Gasteiger partial charge in [-0.05, 0) is 19.1 Å². The van der Waals surface area contributed by atoms with E-state index in [2.05, 4.69) is 5.10 Å². The number of halogens is 4. The van der Waals surface area contributed by atoms with E-state index >= 15 is 0 Å². The third-order valence-electron chi connectivity index (χ3n) is 2.52. The first-order valence-corrected chi connectivity index (χ1v) is 5.33. The van der Waals surface area contributed by atoms with Gasteiger partial charge in [-0.25, -0.2) is 9.07 Å². The molecule has 0 spiro atoms. The van der Waals surface area contributed by atoms with E-state index in [9.17, 15) is 22.7 Å². The minimum Gasteiger partial charge on any atom is -0.358 e. The highest BCUT2D eigenvalue weighted by Crippen LogP contribution is 2.30. The molecule has 0 aliphatic heterocycles. The lowest BCUT2D eigenvalue weighted by Crippen LogP contribution is -2.17. The zero-order valence-electron chi connectivity index (χ0n) is 9.82. The van der Waals surface area contributed by atoms with Crippen LogP contribution in [0.5, 0.6) is 0 Å². The van der Waals surface area contributed by atoms with Crippen molar-refractivity contribution < 1.29 is 22.7 Å². The molecule has 102 valence electrons. The van der Waals surface area contributed by atoms with Crippen LogP contribution in [0.2, 0.25) is 0 Å². The van der Waals surface area contributed by atoms with Crippen molar-refractivity contribution in [3.63, 3.8) is 0 Å². The average Bonchev–Trinajstić information content (AvgIpc) is 2.76. The fourth-order valence-electron chi connectivity index (χ4n) is 1.67. The summed E-state index contributed by atoms with van der Waals surface area (Å²) in [6.45, 7) is 0.903. The van der Waals surface area contributed by atoms with Crippen molar-refractivity contribution in [3.05, 3.63) is 47.8 Å². The second-order valence-corrected chi connectivity index (χ2v) is 4.11. The molecule has 0 amide bonds. The number of rotatable bonds is 2. The fraction of sp³-hybridized carbons (Fsp3) is 0.250. The minimum atomic E-state index is -4.57. The van der Waals surface area contributed by atoms with Crippen molar-refractivity contribution in [2.24, 2.45) is 0 Å². The van der Waals surface area contributed by atoms with Crippen molar-refractivity contribution >= 4 is 0 Å². The molecule has 0 radical (unpaired) electrons. The first-order chi connectivity index (χ1) is 8.69. The largest absolute Gasteiger partial charge is 0.435 e. The van der Waals surface area contributed by atoms with Gasteiger partial charge in [0.2, 0.25) is 5.85 Å². The predicted molar refractivity (Wildman–Crippen MR) is 59.2 cm³/mol. The second-order valence-electron chi connectivity index (χ2n) is 4.11. The second kappa shape index (κ2) is 4.34. The van der Waals surface area contributed by atoms with Gasteiger partial charge in [0.25, 0.3) is 0 Å². The zero-order chi connectivity index (χ0) is 14.3. The molecular weight excluding hydrogens is 264 g/mol. The van der Waals surface area contributed by atoms with E-state index in [-0.39, 0.29) is 11.3 Å². The molecule has 0 aliphatic rings. The van der Waals surface area contributed by atoms with Gasteiger partial charge < -0.3 is 5.11 Å². The smallest absolute Gasteiger partial charge is 0.358 e. The zero-order valence-corrected chi connectivity index (χ0v) is 9.82. The van der Waals surface area contributed by atoms with Gasteiger partial charge >= 0.3 is 6.18 Å². The fourth-order valence-corrected chi connectivity index (χ4v) is 1.67. The van der Waals surface area contributed by atoms with E-state index in [0.717, 1.165) is 23.9 Å². The van der Waals surface area contributed by atoms with Crippen LogP contribution >= 0.6 is 0 Å². The number of aromatic nitrogens is 2. The molecule has 0 saturated carbocycles. The molecule has 7 heteroatoms. The standard InChI is InChI=1S/C12H10F4N2O/c1-11(13,19)8-4-2-3-5-9(8)18-7-6-10(17-18)12(14,15)16/h2-7,19H,1H3. The van der Waals surface area contributed by atoms with Gasteiger partial charge in [0, 0.05) is 11.8 Å². The Morgan fingerprint density at radius 3 is 2.26 bits per heavy atom. The maximum absolute atomic E-state index is 13.6. The third kappa shape index (κ3) is 2.76. The van der Waals surface area contributed by atoms with Crippen molar-refractivity contribution in [3.8, 4) is 5.69 Å². The Morgan fingerprint density at radius 2 is 1.74 bits per heavy atom. The van der Waals surface area contributed by atoms with Crippen LogP contribution in [0, 0.1) is 0 Å². The van der Waals surface area contributed by atoms with E-state index in [1.807, 2.05) is 0 Å². The topological polar surface area (TPSA) is 38.0 Å². The molecule has 1 atom stereocenters. The Balaban J connectivity index is 2.52. The first-order valence-electron chi connectivity index (χ1n) is 5.33. The number of hydrogen-bond donors (Lipinski definition) is 1. The minimum absolute atomic E-state index is 0.0468. The molecule has 1 heterocycles. The molecule has 1 unspecified atom stereocenters. The van der Waals surface area contributed by atoms with Crippen molar-refractivity contribution in [2.45, 2.75) is 19.0 Å². The van der Waals surface area contributed by atoms with E-state index < -0.39 is 17.7 Å². The summed E-state index contributed by atoms with van der Waals surface area (Å²) in [6.07, 6.45) is -3.51. The van der Waals surface area contributed by atoms with Gasteiger partial charge in [-0.3, -0.25) is 0 Å². The van der Waals surface area contributed by atoms with Crippen LogP contribution in [0.15, 0.2) is 36.5 Å². The Bertz CT molecular complexity index is 584. The normalized spacial score (nSPS) is 15.3. The summed E-state index contributed by atoms with van der Waals surface area (Å²) < 4.78 is 51.8. The highest BCUT2D eigenvalue weighted by atomic mass is 19.4. The molecule has 1 aromatic heterocycles. The van der Waals surface area contributed by atoms with Crippen LogP contribution in [0.25, 0.3) is 5.69 Å². The van der Waals surface area contributed by atoms with Crippen molar-refractivity contribution in [2.75, 3.05) is 0 Å². The SMILES string of the molecule is CC(O)(F)c1ccccc1-n1ccc(C(F)(F)F)n1. The highest BCUT2D eigenvalue weighted by Gasteiger charge is 2.34. The summed E-state index contributed by atoms with van der Waals surface area (Å²) in [5.41, 5.74) is -1.20. The lowest BCUT2D eigenvalue weighted by Gasteiger charge is -2.17. The molecule has 0 bridgehead atoms. The molecule has 0 fully saturated rings. The van der Waals surface area contributed by atoms with E-state index in [1.165, 1.54) is 24.3 Å². The van der Waals surface area contributed by atoms with Gasteiger partial charge in [0.05, 0.1) is 5.69 Å². The monoisotopic (exact) mass is 274 g/mol. The number of benzene rings is 1. The molecule has 0 saturated heterocycles. The lowest BCUT2D eigenvalue weighted by atomic mass is 10.1. The number of para-hydroxylation sites is 1. The number of alkyl halides is 4. The van der Waals surface area contributed by atoms with Crippen LogP contribution in [0.4, 0.5) is 17.6 Å². The van der Waals surface area contributed by atoms with Crippen LogP contribution in [0.3, 0.4) is 0 Å². The third-order valence-corrected chi connectivity index (χ3v) is 2.52. The van der Waals surface area contributed by atoms with Gasteiger partial charge in [-0.2, -0.15) is 18.3 Å². The maximum atomic E-state index is 13.6. The molecule has 1 aromatic carbocycles. The van der Waals surface area contributed by atoms with E-state index in [0.29, 0.717) is 0 Å². The van der Waals surface area contributed by atoms with E-state index in [4.69, 9.17) is 0 Å². The summed E-state index contributed by atoms with van der Waals surface area (Å²) in [5.74, 6) is -2.67. The Morgan fingerprint density at radius 1 is 1.11 bits per heavy atom. The van der Waals surface area contributed by atoms with Crippen molar-refractivity contribution in [1.82, 2.24) is 9.78 Å². The van der Waals surface area contributed by atoms with Gasteiger partial charge in [-0.1, -0.05) is 18.2 Å². The Kier molecular flexibility index (Phi) is 3.09. The molecule has 19 heavy (non-hydrogen) atoms. The molecule has 3 nitrogen and oxygen atoms in total. The highest BCUT2D eigenvalue weighted by molar-refractivity contribution is 5.42. The average molecular weight is 274 g/mol. The Labute approximate surface area is 106 Å². The quantitative estimate of drug-likeness (QED) is 0.855. The summed E-state index contributed by atoms with van der Waals surface area (Å²) in [6, 6.07) is 6.42. The van der Waals surface area contributed by atoms with Crippen molar-refractivity contribution in [1.29, 1.82) is 0 Å². The number of aliphatic hydroxyl groups is 1. The lowest BCUT2D eigenvalue weighted by molar-refractivity contribution is -0.141. The Hall–Kier alpha value is -1.89. The molecule has 2 aromatic rings. The first kappa shape index (κ1) is 13.5. The number of hydrogen-bond acceptors (Lipinski definition) is 2.